The molecule has 0 saturated heterocycles. The molecule has 0 aliphatic rings. The molecule has 0 unspecified atom stereocenters. The van der Waals surface area contributed by atoms with E-state index in [-0.39, 0.29) is 10.4 Å². The zero-order valence-corrected chi connectivity index (χ0v) is 18.4. The quantitative estimate of drug-likeness (QED) is 0.353. The van der Waals surface area contributed by atoms with Gasteiger partial charge in [-0.15, -0.1) is 0 Å². The van der Waals surface area contributed by atoms with Gasteiger partial charge in [-0.25, -0.2) is 18.5 Å². The Morgan fingerprint density at radius 3 is 2.40 bits per heavy atom. The summed E-state index contributed by atoms with van der Waals surface area (Å²) in [5, 5.41) is 9.10. The molecule has 0 fully saturated rings. The van der Waals surface area contributed by atoms with Gasteiger partial charge >= 0.3 is 0 Å². The number of nitrogens with zero attached hydrogens (tertiary/aromatic N) is 5. The molecule has 0 saturated carbocycles. The maximum Gasteiger partial charge on any atom is 0.238 e. The van der Waals surface area contributed by atoms with Crippen LogP contribution in [0, 0.1) is 0 Å². The summed E-state index contributed by atoms with van der Waals surface area (Å²) in [7, 11) is -3.95. The molecule has 2 aromatic carbocycles. The van der Waals surface area contributed by atoms with Gasteiger partial charge in [0, 0.05) is 29.0 Å². The molecular formula is C21H26N6O2S. The smallest absolute Gasteiger partial charge is 0.238 e. The van der Waals surface area contributed by atoms with Gasteiger partial charge in [-0.1, -0.05) is 36.3 Å². The highest BCUT2D eigenvalue weighted by Crippen LogP contribution is 2.34. The van der Waals surface area contributed by atoms with Crippen LogP contribution < -0.4 is 5.14 Å². The Bertz CT molecular complexity index is 1230. The molecule has 0 bridgehead atoms. The van der Waals surface area contributed by atoms with Crippen LogP contribution in [0.15, 0.2) is 46.4 Å². The van der Waals surface area contributed by atoms with Crippen molar-refractivity contribution in [3.63, 3.8) is 0 Å². The summed E-state index contributed by atoms with van der Waals surface area (Å²) in [4.78, 5) is 7.48. The third-order valence-electron chi connectivity index (χ3n) is 4.95. The highest BCUT2D eigenvalue weighted by molar-refractivity contribution is 7.89. The van der Waals surface area contributed by atoms with E-state index in [2.05, 4.69) is 40.3 Å². The van der Waals surface area contributed by atoms with Gasteiger partial charge in [-0.3, -0.25) is 0 Å². The average Bonchev–Trinajstić information content (AvgIpc) is 3.05. The standard InChI is InChI=1S/C21H26N6O2S/c1-5-20-25-17-13-19(30(23,28)29)16(12-18(17)27(20)21(2,3)4)15-8-6-14(7-9-15)10-11-24-26-22/h6-9,12-13H,5,10-11H2,1-4H3,(H2,23,28,29). The SMILES string of the molecule is CCc1nc2cc(S(N)(=O)=O)c(-c3ccc(CCN=[N+]=[N-])cc3)cc2n1C(C)(C)C. The fraction of sp³-hybridized carbons (Fsp3) is 0.381. The summed E-state index contributed by atoms with van der Waals surface area (Å²) in [6.45, 7) is 8.69. The third-order valence-corrected chi connectivity index (χ3v) is 5.90. The monoisotopic (exact) mass is 426 g/mol. The molecule has 30 heavy (non-hydrogen) atoms. The summed E-state index contributed by atoms with van der Waals surface area (Å²) >= 11 is 0. The van der Waals surface area contributed by atoms with Crippen molar-refractivity contribution >= 4 is 21.1 Å². The number of sulfonamides is 1. The lowest BCUT2D eigenvalue weighted by molar-refractivity contribution is 0.395. The van der Waals surface area contributed by atoms with Crippen molar-refractivity contribution in [3.8, 4) is 11.1 Å². The summed E-state index contributed by atoms with van der Waals surface area (Å²) in [6, 6.07) is 11.0. The van der Waals surface area contributed by atoms with Gasteiger partial charge in [-0.05, 0) is 56.0 Å². The molecule has 3 aromatic rings. The van der Waals surface area contributed by atoms with Gasteiger partial charge < -0.3 is 4.57 Å². The van der Waals surface area contributed by atoms with Crippen molar-refractivity contribution in [1.82, 2.24) is 9.55 Å². The number of fused-ring (bicyclic) bond motifs is 1. The van der Waals surface area contributed by atoms with Crippen LogP contribution >= 0.6 is 0 Å². The highest BCUT2D eigenvalue weighted by Gasteiger charge is 2.24. The second-order valence-corrected chi connectivity index (χ2v) is 9.70. The molecule has 0 aliphatic carbocycles. The number of imidazole rings is 1. The number of aryl methyl sites for hydroxylation is 1. The topological polar surface area (TPSA) is 127 Å². The Kier molecular flexibility index (Phi) is 5.90. The molecule has 0 amide bonds. The lowest BCUT2D eigenvalue weighted by atomic mass is 10.0. The van der Waals surface area contributed by atoms with Crippen LogP contribution in [0.25, 0.3) is 32.6 Å². The molecule has 0 radical (unpaired) electrons. The van der Waals surface area contributed by atoms with Crippen LogP contribution in [0.3, 0.4) is 0 Å². The Morgan fingerprint density at radius 2 is 1.87 bits per heavy atom. The van der Waals surface area contributed by atoms with Crippen LogP contribution in [-0.2, 0) is 28.4 Å². The fourth-order valence-electron chi connectivity index (χ4n) is 3.68. The maximum atomic E-state index is 12.4. The lowest BCUT2D eigenvalue weighted by Crippen LogP contribution is -2.24. The molecule has 1 heterocycles. The number of azide groups is 1. The first-order valence-electron chi connectivity index (χ1n) is 9.75. The molecular weight excluding hydrogens is 400 g/mol. The van der Waals surface area contributed by atoms with Crippen molar-refractivity contribution in [1.29, 1.82) is 0 Å². The van der Waals surface area contributed by atoms with Gasteiger partial charge in [0.15, 0.2) is 0 Å². The molecule has 158 valence electrons. The third kappa shape index (κ3) is 4.33. The molecule has 3 rings (SSSR count). The maximum absolute atomic E-state index is 12.4. The molecule has 0 aliphatic heterocycles. The highest BCUT2D eigenvalue weighted by atomic mass is 32.2. The van der Waals surface area contributed by atoms with Gasteiger partial charge in [0.1, 0.15) is 5.82 Å². The zero-order chi connectivity index (χ0) is 22.1. The average molecular weight is 427 g/mol. The minimum atomic E-state index is -3.95. The number of hydrogen-bond acceptors (Lipinski definition) is 4. The fourth-order valence-corrected chi connectivity index (χ4v) is 4.44. The Balaban J connectivity index is 2.22. The molecule has 8 nitrogen and oxygen atoms in total. The summed E-state index contributed by atoms with van der Waals surface area (Å²) < 4.78 is 26.9. The van der Waals surface area contributed by atoms with E-state index in [0.717, 1.165) is 28.9 Å². The van der Waals surface area contributed by atoms with E-state index >= 15 is 0 Å². The van der Waals surface area contributed by atoms with E-state index in [1.54, 1.807) is 6.07 Å². The molecule has 0 atom stereocenters. The zero-order valence-electron chi connectivity index (χ0n) is 17.6. The van der Waals surface area contributed by atoms with Crippen LogP contribution in [-0.4, -0.2) is 24.5 Å². The minimum Gasteiger partial charge on any atom is -0.323 e. The van der Waals surface area contributed by atoms with Crippen LogP contribution in [0.2, 0.25) is 0 Å². The largest absolute Gasteiger partial charge is 0.323 e. The van der Waals surface area contributed by atoms with E-state index in [1.807, 2.05) is 37.3 Å². The van der Waals surface area contributed by atoms with Gasteiger partial charge in [0.2, 0.25) is 10.0 Å². The number of rotatable bonds is 6. The molecule has 1 aromatic heterocycles. The van der Waals surface area contributed by atoms with E-state index in [9.17, 15) is 8.42 Å². The van der Waals surface area contributed by atoms with Crippen LogP contribution in [0.1, 0.15) is 39.1 Å². The van der Waals surface area contributed by atoms with Crippen molar-refractivity contribution in [3.05, 3.63) is 58.2 Å². The van der Waals surface area contributed by atoms with E-state index in [4.69, 9.17) is 10.7 Å². The number of nitrogens with two attached hydrogens (primary N) is 1. The molecule has 0 spiro atoms. The molecule has 9 heteroatoms. The second kappa shape index (κ2) is 8.10. The van der Waals surface area contributed by atoms with Crippen molar-refractivity contribution in [2.45, 2.75) is 51.0 Å². The minimum absolute atomic E-state index is 0.0537. The van der Waals surface area contributed by atoms with E-state index in [0.29, 0.717) is 24.0 Å². The number of benzene rings is 2. The van der Waals surface area contributed by atoms with Crippen LogP contribution in [0.5, 0.6) is 0 Å². The van der Waals surface area contributed by atoms with Crippen molar-refractivity contribution in [2.75, 3.05) is 6.54 Å². The first kappa shape index (κ1) is 21.8. The second-order valence-electron chi connectivity index (χ2n) is 8.17. The van der Waals surface area contributed by atoms with Gasteiger partial charge in [0.05, 0.1) is 15.9 Å². The van der Waals surface area contributed by atoms with Crippen molar-refractivity contribution < 1.29 is 8.42 Å². The normalized spacial score (nSPS) is 12.2. The Morgan fingerprint density at radius 1 is 1.20 bits per heavy atom. The number of aromatic nitrogens is 2. The van der Waals surface area contributed by atoms with E-state index < -0.39 is 10.0 Å². The number of hydrogen-bond donors (Lipinski definition) is 1. The lowest BCUT2D eigenvalue weighted by Gasteiger charge is -2.24. The Hall–Kier alpha value is -2.87. The Labute approximate surface area is 176 Å². The molecule has 2 N–H and O–H groups in total. The van der Waals surface area contributed by atoms with E-state index in [1.165, 1.54) is 0 Å². The van der Waals surface area contributed by atoms with Gasteiger partial charge in [-0.2, -0.15) is 0 Å². The first-order chi connectivity index (χ1) is 14.1. The summed E-state index contributed by atoms with van der Waals surface area (Å²) in [5.41, 5.74) is 12.0. The predicted octanol–water partition coefficient (Wildman–Crippen LogP) is 4.52. The predicted molar refractivity (Wildman–Crippen MR) is 119 cm³/mol. The van der Waals surface area contributed by atoms with Crippen LogP contribution in [0.4, 0.5) is 0 Å². The van der Waals surface area contributed by atoms with Gasteiger partial charge in [0.25, 0.3) is 0 Å². The number of primary sulfonamides is 1. The van der Waals surface area contributed by atoms with Crippen molar-refractivity contribution in [2.24, 2.45) is 10.3 Å². The summed E-state index contributed by atoms with van der Waals surface area (Å²) in [5.74, 6) is 0.892. The summed E-state index contributed by atoms with van der Waals surface area (Å²) in [6.07, 6.45) is 1.34. The first-order valence-corrected chi connectivity index (χ1v) is 11.3.